The molecule has 1 atom stereocenters. The van der Waals surface area contributed by atoms with Crippen molar-refractivity contribution in [1.82, 2.24) is 9.80 Å². The van der Waals surface area contributed by atoms with Gasteiger partial charge in [0.1, 0.15) is 11.2 Å². The molecule has 1 aromatic carbocycles. The minimum absolute atomic E-state index is 0.0651. The Morgan fingerprint density at radius 1 is 1.04 bits per heavy atom. The summed E-state index contributed by atoms with van der Waals surface area (Å²) in [5, 5.41) is 0. The number of carbonyl (C=O) groups excluding carboxylic acids is 2. The van der Waals surface area contributed by atoms with Gasteiger partial charge in [-0.05, 0) is 49.9 Å². The molecule has 0 unspecified atom stereocenters. The molecule has 2 heterocycles. The molecule has 2 aliphatic heterocycles. The van der Waals surface area contributed by atoms with Crippen LogP contribution >= 0.6 is 0 Å². The Kier molecular flexibility index (Phi) is 4.80. The molecule has 3 fully saturated rings. The fourth-order valence-electron chi connectivity index (χ4n) is 4.43. The molecule has 2 saturated heterocycles. The van der Waals surface area contributed by atoms with E-state index in [4.69, 9.17) is 5.73 Å². The number of nitrogens with zero attached hydrogens (tertiary/aromatic N) is 3. The van der Waals surface area contributed by atoms with E-state index in [0.717, 1.165) is 51.3 Å². The lowest BCUT2D eigenvalue weighted by atomic mass is 9.98. The molecule has 27 heavy (non-hydrogen) atoms. The summed E-state index contributed by atoms with van der Waals surface area (Å²) in [5.74, 6) is -0.749. The number of primary amides is 1. The van der Waals surface area contributed by atoms with Crippen LogP contribution in [-0.4, -0.2) is 66.9 Å². The highest BCUT2D eigenvalue weighted by Crippen LogP contribution is 2.47. The van der Waals surface area contributed by atoms with Crippen molar-refractivity contribution in [3.63, 3.8) is 0 Å². The van der Waals surface area contributed by atoms with Gasteiger partial charge in [-0.3, -0.25) is 14.5 Å². The highest BCUT2D eigenvalue weighted by Gasteiger charge is 2.57. The minimum atomic E-state index is -0.914. The van der Waals surface area contributed by atoms with Crippen LogP contribution in [0.5, 0.6) is 0 Å². The van der Waals surface area contributed by atoms with Crippen LogP contribution in [0.4, 0.5) is 10.1 Å². The summed E-state index contributed by atoms with van der Waals surface area (Å²) in [6, 6.07) is 6.98. The van der Waals surface area contributed by atoms with E-state index in [1.807, 2.05) is 17.0 Å². The highest BCUT2D eigenvalue weighted by atomic mass is 19.1. The van der Waals surface area contributed by atoms with E-state index >= 15 is 0 Å². The number of piperidine rings is 1. The summed E-state index contributed by atoms with van der Waals surface area (Å²) < 4.78 is 13.1. The van der Waals surface area contributed by atoms with Crippen molar-refractivity contribution in [3.8, 4) is 0 Å². The molecule has 0 spiro atoms. The van der Waals surface area contributed by atoms with Gasteiger partial charge in [0.2, 0.25) is 11.8 Å². The first kappa shape index (κ1) is 18.2. The van der Waals surface area contributed by atoms with Crippen molar-refractivity contribution in [2.45, 2.75) is 31.7 Å². The summed E-state index contributed by atoms with van der Waals surface area (Å²) >= 11 is 0. The van der Waals surface area contributed by atoms with Crippen LogP contribution in [0.1, 0.15) is 25.7 Å². The van der Waals surface area contributed by atoms with Gasteiger partial charge in [0.15, 0.2) is 0 Å². The molecule has 2 amide bonds. The molecule has 0 radical (unpaired) electrons. The van der Waals surface area contributed by atoms with Gasteiger partial charge in [0, 0.05) is 51.0 Å². The van der Waals surface area contributed by atoms with Crippen molar-refractivity contribution >= 4 is 17.5 Å². The van der Waals surface area contributed by atoms with Gasteiger partial charge < -0.3 is 15.5 Å². The Labute approximate surface area is 159 Å². The molecule has 1 saturated carbocycles. The maximum absolute atomic E-state index is 13.1. The van der Waals surface area contributed by atoms with Crippen molar-refractivity contribution in [3.05, 3.63) is 30.1 Å². The van der Waals surface area contributed by atoms with Crippen LogP contribution < -0.4 is 10.6 Å². The number of nitrogens with two attached hydrogens (primary N) is 1. The standard InChI is InChI=1S/C20H27FN4O2/c21-15-3-5-16(6-4-15)23-10-12-24(13-11-23)17-2-1-9-25(14-17)19(27)20(7-8-20)18(22)26/h3-6,17H,1-2,7-14H2,(H2,22,26)/t17-/m0/s1. The molecule has 6 nitrogen and oxygen atoms in total. The smallest absolute Gasteiger partial charge is 0.238 e. The summed E-state index contributed by atoms with van der Waals surface area (Å²) in [5.41, 5.74) is 5.61. The molecular weight excluding hydrogens is 347 g/mol. The second-order valence-electron chi connectivity index (χ2n) is 7.99. The average molecular weight is 374 g/mol. The Balaban J connectivity index is 1.34. The van der Waals surface area contributed by atoms with Crippen LogP contribution in [0.3, 0.4) is 0 Å². The summed E-state index contributed by atoms with van der Waals surface area (Å²) in [7, 11) is 0. The third-order valence-corrected chi connectivity index (χ3v) is 6.34. The van der Waals surface area contributed by atoms with Crippen LogP contribution in [0.15, 0.2) is 24.3 Å². The molecule has 0 bridgehead atoms. The van der Waals surface area contributed by atoms with Gasteiger partial charge in [-0.1, -0.05) is 0 Å². The number of rotatable bonds is 4. The van der Waals surface area contributed by atoms with Crippen molar-refractivity contribution in [2.75, 3.05) is 44.2 Å². The molecule has 1 aromatic rings. The Morgan fingerprint density at radius 3 is 2.30 bits per heavy atom. The van der Waals surface area contributed by atoms with Gasteiger partial charge in [0.05, 0.1) is 0 Å². The van der Waals surface area contributed by atoms with E-state index in [1.165, 1.54) is 12.1 Å². The first-order valence-corrected chi connectivity index (χ1v) is 9.83. The zero-order valence-electron chi connectivity index (χ0n) is 15.6. The molecular formula is C20H27FN4O2. The Morgan fingerprint density at radius 2 is 1.70 bits per heavy atom. The van der Waals surface area contributed by atoms with Gasteiger partial charge >= 0.3 is 0 Å². The van der Waals surface area contributed by atoms with E-state index in [0.29, 0.717) is 25.4 Å². The fourth-order valence-corrected chi connectivity index (χ4v) is 4.43. The predicted octanol–water partition coefficient (Wildman–Crippen LogP) is 1.20. The maximum atomic E-state index is 13.1. The van der Waals surface area contributed by atoms with Crippen molar-refractivity contribution in [2.24, 2.45) is 11.1 Å². The lowest BCUT2D eigenvalue weighted by Crippen LogP contribution is -2.57. The Bertz CT molecular complexity index is 711. The first-order chi connectivity index (χ1) is 13.0. The molecule has 7 heteroatoms. The van der Waals surface area contributed by atoms with Gasteiger partial charge in [-0.15, -0.1) is 0 Å². The third-order valence-electron chi connectivity index (χ3n) is 6.34. The second kappa shape index (κ2) is 7.11. The molecule has 2 N–H and O–H groups in total. The second-order valence-corrected chi connectivity index (χ2v) is 7.99. The average Bonchev–Trinajstić information content (AvgIpc) is 3.50. The number of anilines is 1. The highest BCUT2D eigenvalue weighted by molar-refractivity contribution is 6.07. The fraction of sp³-hybridized carbons (Fsp3) is 0.600. The molecule has 1 aliphatic carbocycles. The van der Waals surface area contributed by atoms with Crippen molar-refractivity contribution < 1.29 is 14.0 Å². The van der Waals surface area contributed by atoms with Gasteiger partial charge in [-0.2, -0.15) is 0 Å². The lowest BCUT2D eigenvalue weighted by molar-refractivity contribution is -0.144. The number of carbonyl (C=O) groups is 2. The van der Waals surface area contributed by atoms with Crippen LogP contribution in [-0.2, 0) is 9.59 Å². The minimum Gasteiger partial charge on any atom is -0.369 e. The number of hydrogen-bond donors (Lipinski definition) is 1. The third kappa shape index (κ3) is 3.52. The van der Waals surface area contributed by atoms with Crippen LogP contribution in [0, 0.1) is 11.2 Å². The predicted molar refractivity (Wildman–Crippen MR) is 101 cm³/mol. The Hall–Kier alpha value is -2.15. The number of halogens is 1. The number of hydrogen-bond acceptors (Lipinski definition) is 4. The summed E-state index contributed by atoms with van der Waals surface area (Å²) in [6.45, 7) is 5.03. The number of amides is 2. The van der Waals surface area contributed by atoms with E-state index < -0.39 is 11.3 Å². The number of piperazine rings is 1. The zero-order valence-corrected chi connectivity index (χ0v) is 15.6. The maximum Gasteiger partial charge on any atom is 0.238 e. The molecule has 146 valence electrons. The van der Waals surface area contributed by atoms with E-state index in [1.54, 1.807) is 0 Å². The van der Waals surface area contributed by atoms with Gasteiger partial charge in [-0.25, -0.2) is 4.39 Å². The van der Waals surface area contributed by atoms with Crippen molar-refractivity contribution in [1.29, 1.82) is 0 Å². The zero-order chi connectivity index (χ0) is 19.0. The largest absolute Gasteiger partial charge is 0.369 e. The van der Waals surface area contributed by atoms with E-state index in [2.05, 4.69) is 9.80 Å². The number of likely N-dealkylation sites (tertiary alicyclic amines) is 1. The van der Waals surface area contributed by atoms with Gasteiger partial charge in [0.25, 0.3) is 0 Å². The lowest BCUT2D eigenvalue weighted by Gasteiger charge is -2.44. The monoisotopic (exact) mass is 374 g/mol. The molecule has 3 aliphatic rings. The topological polar surface area (TPSA) is 69.9 Å². The number of benzene rings is 1. The molecule has 0 aromatic heterocycles. The van der Waals surface area contributed by atoms with Crippen LogP contribution in [0.25, 0.3) is 0 Å². The summed E-state index contributed by atoms with van der Waals surface area (Å²) in [4.78, 5) is 31.0. The SMILES string of the molecule is NC(=O)C1(C(=O)N2CCC[C@H](N3CCN(c4ccc(F)cc4)CC3)C2)CC1. The van der Waals surface area contributed by atoms with E-state index in [-0.39, 0.29) is 11.7 Å². The van der Waals surface area contributed by atoms with Crippen LogP contribution in [0.2, 0.25) is 0 Å². The summed E-state index contributed by atoms with van der Waals surface area (Å²) in [6.07, 6.45) is 3.23. The first-order valence-electron chi connectivity index (χ1n) is 9.83. The quantitative estimate of drug-likeness (QED) is 0.804. The molecule has 4 rings (SSSR count). The van der Waals surface area contributed by atoms with E-state index in [9.17, 15) is 14.0 Å². The normalized spacial score (nSPS) is 25.3.